The van der Waals surface area contributed by atoms with Gasteiger partial charge in [-0.2, -0.15) is 0 Å². The van der Waals surface area contributed by atoms with E-state index in [2.05, 4.69) is 6.07 Å². The lowest BCUT2D eigenvalue weighted by Crippen LogP contribution is -2.17. The van der Waals surface area contributed by atoms with Crippen molar-refractivity contribution in [3.05, 3.63) is 93.5 Å². The minimum absolute atomic E-state index is 0.00504. The molecule has 0 saturated heterocycles. The highest BCUT2D eigenvalue weighted by Crippen LogP contribution is 2.36. The van der Waals surface area contributed by atoms with Crippen LogP contribution in [0.4, 0.5) is 0 Å². The number of rotatable bonds is 12. The van der Waals surface area contributed by atoms with Crippen LogP contribution < -0.4 is 9.47 Å². The highest BCUT2D eigenvalue weighted by molar-refractivity contribution is 6.30. The number of carboxylic acids is 1. The molecule has 0 aliphatic carbocycles. The molecule has 3 aromatic carbocycles. The fraction of sp³-hybridized carbons (Fsp3) is 0.345. The molecule has 3 aromatic rings. The van der Waals surface area contributed by atoms with Gasteiger partial charge in [-0.15, -0.1) is 0 Å². The maximum atomic E-state index is 11.5. The smallest absolute Gasteiger partial charge is 0.307 e. The summed E-state index contributed by atoms with van der Waals surface area (Å²) in [6.45, 7) is 1.93. The van der Waals surface area contributed by atoms with Crippen LogP contribution in [0.25, 0.3) is 0 Å². The number of carboxylic acid groups (broad SMARTS) is 1. The lowest BCUT2D eigenvalue weighted by atomic mass is 9.85. The Hall–Kier alpha value is -3.02. The summed E-state index contributed by atoms with van der Waals surface area (Å²) in [5, 5.41) is 21.2. The lowest BCUT2D eigenvalue weighted by Gasteiger charge is -2.25. The van der Waals surface area contributed by atoms with E-state index in [9.17, 15) is 9.90 Å². The molecule has 0 saturated carbocycles. The van der Waals surface area contributed by atoms with Gasteiger partial charge in [-0.1, -0.05) is 48.0 Å². The van der Waals surface area contributed by atoms with Crippen LogP contribution in [0.1, 0.15) is 46.8 Å². The Labute approximate surface area is 212 Å². The number of ether oxygens (including phenoxy) is 2. The van der Waals surface area contributed by atoms with Crippen molar-refractivity contribution >= 4 is 17.6 Å². The monoisotopic (exact) mass is 496 g/mol. The van der Waals surface area contributed by atoms with Gasteiger partial charge >= 0.3 is 5.97 Å². The Morgan fingerprint density at radius 3 is 2.14 bits per heavy atom. The van der Waals surface area contributed by atoms with Crippen molar-refractivity contribution in [1.29, 1.82) is 0 Å². The van der Waals surface area contributed by atoms with Gasteiger partial charge in [0.25, 0.3) is 0 Å². The number of aryl methyl sites for hydroxylation is 1. The molecule has 0 aromatic heterocycles. The van der Waals surface area contributed by atoms with Crippen LogP contribution in [0.5, 0.6) is 11.5 Å². The van der Waals surface area contributed by atoms with E-state index in [-0.39, 0.29) is 12.3 Å². The maximum Gasteiger partial charge on any atom is 0.307 e. The predicted molar refractivity (Wildman–Crippen MR) is 139 cm³/mol. The summed E-state index contributed by atoms with van der Waals surface area (Å²) in [4.78, 5) is 11.0. The molecule has 0 heterocycles. The van der Waals surface area contributed by atoms with E-state index in [0.717, 1.165) is 46.5 Å². The number of aliphatic hydroxyl groups is 1. The summed E-state index contributed by atoms with van der Waals surface area (Å²) >= 11 is 6.14. The molecule has 0 fully saturated rings. The molecule has 3 rings (SSSR count). The van der Waals surface area contributed by atoms with Crippen LogP contribution in [-0.2, 0) is 24.1 Å². The van der Waals surface area contributed by atoms with Gasteiger partial charge < -0.3 is 19.7 Å². The molecule has 0 aliphatic heterocycles. The highest BCUT2D eigenvalue weighted by Gasteiger charge is 2.24. The molecule has 2 atom stereocenters. The van der Waals surface area contributed by atoms with Crippen LogP contribution in [-0.4, -0.2) is 30.4 Å². The molecule has 0 amide bonds. The van der Waals surface area contributed by atoms with E-state index in [1.807, 2.05) is 61.5 Å². The third-order valence-electron chi connectivity index (χ3n) is 6.37. The average Bonchev–Trinajstić information content (AvgIpc) is 2.84. The van der Waals surface area contributed by atoms with Crippen molar-refractivity contribution < 1.29 is 24.5 Å². The largest absolute Gasteiger partial charge is 0.496 e. The molecule has 0 spiro atoms. The van der Waals surface area contributed by atoms with E-state index in [1.165, 1.54) is 5.56 Å². The minimum Gasteiger partial charge on any atom is -0.496 e. The SMILES string of the molecule is COc1cc(C(O)[C@H](CCCc2cccc(Cl)c2)Cc2ccc(CC(=O)O)cc2)cc(OC)c1C. The third-order valence-corrected chi connectivity index (χ3v) is 6.60. The zero-order valence-electron chi connectivity index (χ0n) is 20.5. The second-order valence-electron chi connectivity index (χ2n) is 8.87. The first-order chi connectivity index (χ1) is 16.8. The van der Waals surface area contributed by atoms with Crippen LogP contribution in [0, 0.1) is 12.8 Å². The zero-order valence-corrected chi connectivity index (χ0v) is 21.2. The lowest BCUT2D eigenvalue weighted by molar-refractivity contribution is -0.136. The van der Waals surface area contributed by atoms with Crippen molar-refractivity contribution in [2.45, 2.75) is 45.1 Å². The van der Waals surface area contributed by atoms with Crippen molar-refractivity contribution in [2.75, 3.05) is 14.2 Å². The maximum absolute atomic E-state index is 11.5. The van der Waals surface area contributed by atoms with Gasteiger partial charge in [0, 0.05) is 10.6 Å². The van der Waals surface area contributed by atoms with E-state index in [0.29, 0.717) is 17.9 Å². The van der Waals surface area contributed by atoms with E-state index < -0.39 is 12.1 Å². The molecule has 6 heteroatoms. The van der Waals surface area contributed by atoms with E-state index >= 15 is 0 Å². The number of methoxy groups -OCH3 is 2. The summed E-state index contributed by atoms with van der Waals surface area (Å²) in [7, 11) is 3.22. The number of halogens is 1. The number of hydrogen-bond acceptors (Lipinski definition) is 4. The third kappa shape index (κ3) is 7.48. The van der Waals surface area contributed by atoms with Crippen molar-refractivity contribution in [3.63, 3.8) is 0 Å². The quantitative estimate of drug-likeness (QED) is 0.312. The van der Waals surface area contributed by atoms with Gasteiger partial charge in [0.05, 0.1) is 26.7 Å². The molecule has 5 nitrogen and oxygen atoms in total. The van der Waals surface area contributed by atoms with Gasteiger partial charge in [-0.25, -0.2) is 0 Å². The number of hydrogen-bond donors (Lipinski definition) is 2. The molecule has 35 heavy (non-hydrogen) atoms. The Morgan fingerprint density at radius 2 is 1.57 bits per heavy atom. The minimum atomic E-state index is -0.852. The van der Waals surface area contributed by atoms with Crippen molar-refractivity contribution in [3.8, 4) is 11.5 Å². The molecule has 0 bridgehead atoms. The number of aliphatic carboxylic acids is 1. The second kappa shape index (κ2) is 12.6. The van der Waals surface area contributed by atoms with Crippen LogP contribution in [0.15, 0.2) is 60.7 Å². The van der Waals surface area contributed by atoms with Gasteiger partial charge in [-0.05, 0) is 85.0 Å². The van der Waals surface area contributed by atoms with Crippen LogP contribution >= 0.6 is 11.6 Å². The predicted octanol–water partition coefficient (Wildman–Crippen LogP) is 6.21. The van der Waals surface area contributed by atoms with Gasteiger partial charge in [-0.3, -0.25) is 4.79 Å². The molecule has 1 unspecified atom stereocenters. The zero-order chi connectivity index (χ0) is 25.4. The summed E-state index contributed by atoms with van der Waals surface area (Å²) in [6, 6.07) is 19.2. The summed E-state index contributed by atoms with van der Waals surface area (Å²) in [5.41, 5.74) is 4.61. The number of aliphatic hydroxyl groups excluding tert-OH is 1. The van der Waals surface area contributed by atoms with Gasteiger partial charge in [0.1, 0.15) is 11.5 Å². The number of benzene rings is 3. The fourth-order valence-corrected chi connectivity index (χ4v) is 4.67. The topological polar surface area (TPSA) is 76.0 Å². The Balaban J connectivity index is 1.82. The Morgan fingerprint density at radius 1 is 0.943 bits per heavy atom. The van der Waals surface area contributed by atoms with E-state index in [4.69, 9.17) is 26.2 Å². The average molecular weight is 497 g/mol. The summed E-state index contributed by atoms with van der Waals surface area (Å²) < 4.78 is 11.0. The van der Waals surface area contributed by atoms with Gasteiger partial charge in [0.15, 0.2) is 0 Å². The molecule has 0 aliphatic rings. The first kappa shape index (κ1) is 26.6. The summed E-state index contributed by atoms with van der Waals surface area (Å²) in [5.74, 6) is 0.439. The molecular formula is C29H33ClO5. The Kier molecular flexibility index (Phi) is 9.58. The standard InChI is InChI=1S/C29H33ClO5/c1-19-26(34-2)17-24(18-27(19)35-3)29(33)23(8-4-6-20-7-5-9-25(30)15-20)14-21-10-12-22(13-11-21)16-28(31)32/h5,7,9-13,15,17-18,23,29,33H,4,6,8,14,16H2,1-3H3,(H,31,32)/t23-,29?/m1/s1. The number of carbonyl (C=O) groups is 1. The van der Waals surface area contributed by atoms with Crippen LogP contribution in [0.2, 0.25) is 5.02 Å². The highest BCUT2D eigenvalue weighted by atomic mass is 35.5. The Bertz CT molecular complexity index is 1100. The normalized spacial score (nSPS) is 12.7. The van der Waals surface area contributed by atoms with Crippen LogP contribution in [0.3, 0.4) is 0 Å². The molecule has 0 radical (unpaired) electrons. The molecule has 186 valence electrons. The van der Waals surface area contributed by atoms with Crippen molar-refractivity contribution in [2.24, 2.45) is 5.92 Å². The summed E-state index contributed by atoms with van der Waals surface area (Å²) in [6.07, 6.45) is 2.47. The first-order valence-electron chi connectivity index (χ1n) is 11.7. The van der Waals surface area contributed by atoms with Crippen molar-refractivity contribution in [1.82, 2.24) is 0 Å². The molecule has 2 N–H and O–H groups in total. The van der Waals surface area contributed by atoms with E-state index in [1.54, 1.807) is 14.2 Å². The van der Waals surface area contributed by atoms with Gasteiger partial charge in [0.2, 0.25) is 0 Å². The second-order valence-corrected chi connectivity index (χ2v) is 9.31. The molecular weight excluding hydrogens is 464 g/mol. The fourth-order valence-electron chi connectivity index (χ4n) is 4.45. The first-order valence-corrected chi connectivity index (χ1v) is 12.1.